The normalized spacial score (nSPS) is 9.84. The Balaban J connectivity index is 2.52. The van der Waals surface area contributed by atoms with Gasteiger partial charge in [-0.1, -0.05) is 0 Å². The molecule has 0 radical (unpaired) electrons. The van der Waals surface area contributed by atoms with Crippen molar-refractivity contribution in [2.24, 2.45) is 0 Å². The highest BCUT2D eigenvalue weighted by Crippen LogP contribution is 2.04. The minimum atomic E-state index is -0.518. The van der Waals surface area contributed by atoms with E-state index in [2.05, 4.69) is 4.74 Å². The van der Waals surface area contributed by atoms with Crippen molar-refractivity contribution in [3.8, 4) is 0 Å². The number of esters is 1. The van der Waals surface area contributed by atoms with Crippen molar-refractivity contribution in [2.45, 2.75) is 0 Å². The van der Waals surface area contributed by atoms with E-state index >= 15 is 0 Å². The molecule has 0 saturated carbocycles. The number of rotatable bonds is 5. The Morgan fingerprint density at radius 2 is 1.89 bits per heavy atom. The second-order valence-corrected chi connectivity index (χ2v) is 3.96. The fourth-order valence-electron chi connectivity index (χ4n) is 1.33. The standard InChI is InChI=1S/C12H16N2O5/c1-13(8-11(16)18-3)10(15)7-14(2)12(17)9-5-4-6-19-9/h4-6H,7-8H2,1-3H3. The Hall–Kier alpha value is -2.31. The van der Waals surface area contributed by atoms with E-state index in [-0.39, 0.29) is 24.8 Å². The Morgan fingerprint density at radius 1 is 1.21 bits per heavy atom. The van der Waals surface area contributed by atoms with E-state index in [0.717, 1.165) is 0 Å². The van der Waals surface area contributed by atoms with Gasteiger partial charge in [0.25, 0.3) is 5.91 Å². The first-order chi connectivity index (χ1) is 8.95. The molecule has 0 N–H and O–H groups in total. The molecule has 7 nitrogen and oxygen atoms in total. The first-order valence-corrected chi connectivity index (χ1v) is 5.55. The highest BCUT2D eigenvalue weighted by molar-refractivity contribution is 5.94. The molecule has 1 heterocycles. The van der Waals surface area contributed by atoms with Gasteiger partial charge in [0, 0.05) is 14.1 Å². The molecule has 104 valence electrons. The van der Waals surface area contributed by atoms with Crippen molar-refractivity contribution in [3.05, 3.63) is 24.2 Å². The van der Waals surface area contributed by atoms with Crippen LogP contribution in [0.25, 0.3) is 0 Å². The molecular weight excluding hydrogens is 252 g/mol. The predicted octanol–water partition coefficient (Wildman–Crippen LogP) is -0.0170. The summed E-state index contributed by atoms with van der Waals surface area (Å²) in [6.07, 6.45) is 1.38. The minimum absolute atomic E-state index is 0.146. The number of ether oxygens (including phenoxy) is 1. The van der Waals surface area contributed by atoms with Crippen LogP contribution in [0.3, 0.4) is 0 Å². The number of methoxy groups -OCH3 is 1. The second-order valence-electron chi connectivity index (χ2n) is 3.96. The number of amides is 2. The number of hydrogen-bond acceptors (Lipinski definition) is 5. The lowest BCUT2D eigenvalue weighted by Crippen LogP contribution is -2.41. The van der Waals surface area contributed by atoms with E-state index in [1.165, 1.54) is 43.3 Å². The van der Waals surface area contributed by atoms with Gasteiger partial charge in [-0.05, 0) is 12.1 Å². The highest BCUT2D eigenvalue weighted by Gasteiger charge is 2.20. The minimum Gasteiger partial charge on any atom is -0.468 e. The number of nitrogens with zero attached hydrogens (tertiary/aromatic N) is 2. The molecule has 0 bridgehead atoms. The lowest BCUT2D eigenvalue weighted by atomic mass is 10.3. The second kappa shape index (κ2) is 6.58. The van der Waals surface area contributed by atoms with Crippen LogP contribution in [0.5, 0.6) is 0 Å². The fourth-order valence-corrected chi connectivity index (χ4v) is 1.33. The van der Waals surface area contributed by atoms with E-state index < -0.39 is 11.9 Å². The van der Waals surface area contributed by atoms with E-state index in [9.17, 15) is 14.4 Å². The largest absolute Gasteiger partial charge is 0.468 e. The lowest BCUT2D eigenvalue weighted by molar-refractivity contribution is -0.146. The average molecular weight is 268 g/mol. The van der Waals surface area contributed by atoms with Crippen molar-refractivity contribution in [1.82, 2.24) is 9.80 Å². The summed E-state index contributed by atoms with van der Waals surface area (Å²) < 4.78 is 9.40. The first kappa shape index (κ1) is 14.7. The molecular formula is C12H16N2O5. The third-order valence-corrected chi connectivity index (χ3v) is 2.47. The van der Waals surface area contributed by atoms with Gasteiger partial charge in [-0.25, -0.2) is 0 Å². The molecule has 0 unspecified atom stereocenters. The third kappa shape index (κ3) is 4.13. The molecule has 2 amide bonds. The van der Waals surface area contributed by atoms with Crippen LogP contribution >= 0.6 is 0 Å². The third-order valence-electron chi connectivity index (χ3n) is 2.47. The maximum Gasteiger partial charge on any atom is 0.325 e. The summed E-state index contributed by atoms with van der Waals surface area (Å²) in [5, 5.41) is 0. The van der Waals surface area contributed by atoms with Crippen molar-refractivity contribution < 1.29 is 23.5 Å². The van der Waals surface area contributed by atoms with Crippen molar-refractivity contribution in [2.75, 3.05) is 34.3 Å². The monoisotopic (exact) mass is 268 g/mol. The molecule has 0 aliphatic carbocycles. The SMILES string of the molecule is COC(=O)CN(C)C(=O)CN(C)C(=O)c1ccco1. The lowest BCUT2D eigenvalue weighted by Gasteiger charge is -2.20. The summed E-state index contributed by atoms with van der Waals surface area (Å²) in [6.45, 7) is -0.300. The molecule has 19 heavy (non-hydrogen) atoms. The van der Waals surface area contributed by atoms with E-state index in [0.29, 0.717) is 0 Å². The van der Waals surface area contributed by atoms with Crippen LogP contribution in [0, 0.1) is 0 Å². The van der Waals surface area contributed by atoms with Crippen molar-refractivity contribution >= 4 is 17.8 Å². The Kier molecular flexibility index (Phi) is 5.11. The van der Waals surface area contributed by atoms with Gasteiger partial charge < -0.3 is 19.0 Å². The Bertz CT molecular complexity index is 455. The van der Waals surface area contributed by atoms with Gasteiger partial charge in [-0.2, -0.15) is 0 Å². The topological polar surface area (TPSA) is 80.1 Å². The number of furan rings is 1. The Labute approximate surface area is 110 Å². The molecule has 0 aliphatic rings. The Morgan fingerprint density at radius 3 is 2.42 bits per heavy atom. The molecule has 1 rings (SSSR count). The number of likely N-dealkylation sites (N-methyl/N-ethyl adjacent to an activating group) is 2. The van der Waals surface area contributed by atoms with E-state index in [4.69, 9.17) is 4.42 Å². The zero-order valence-electron chi connectivity index (χ0n) is 11.1. The van der Waals surface area contributed by atoms with Crippen LogP contribution in [-0.4, -0.2) is 61.9 Å². The average Bonchev–Trinajstić information content (AvgIpc) is 2.91. The molecule has 0 aromatic carbocycles. The smallest absolute Gasteiger partial charge is 0.325 e. The van der Waals surface area contributed by atoms with Gasteiger partial charge in [-0.15, -0.1) is 0 Å². The van der Waals surface area contributed by atoms with Gasteiger partial charge in [0.05, 0.1) is 19.9 Å². The highest BCUT2D eigenvalue weighted by atomic mass is 16.5. The van der Waals surface area contributed by atoms with Crippen LogP contribution < -0.4 is 0 Å². The summed E-state index contributed by atoms with van der Waals surface area (Å²) in [7, 11) is 4.19. The summed E-state index contributed by atoms with van der Waals surface area (Å²) in [4.78, 5) is 37.0. The van der Waals surface area contributed by atoms with E-state index in [1.54, 1.807) is 6.07 Å². The molecule has 0 atom stereocenters. The van der Waals surface area contributed by atoms with Crippen LogP contribution in [0.15, 0.2) is 22.8 Å². The van der Waals surface area contributed by atoms with Crippen LogP contribution in [-0.2, 0) is 14.3 Å². The molecule has 1 aromatic heterocycles. The molecule has 0 fully saturated rings. The first-order valence-electron chi connectivity index (χ1n) is 5.55. The molecule has 0 saturated heterocycles. The molecule has 0 aliphatic heterocycles. The summed E-state index contributed by atoms with van der Waals surface area (Å²) in [5.74, 6) is -1.13. The zero-order chi connectivity index (χ0) is 14.4. The van der Waals surface area contributed by atoms with Crippen molar-refractivity contribution in [3.63, 3.8) is 0 Å². The maximum atomic E-state index is 11.8. The predicted molar refractivity (Wildman–Crippen MR) is 65.3 cm³/mol. The van der Waals surface area contributed by atoms with Gasteiger partial charge in [0.1, 0.15) is 6.54 Å². The van der Waals surface area contributed by atoms with E-state index in [1.807, 2.05) is 0 Å². The zero-order valence-corrected chi connectivity index (χ0v) is 11.1. The molecule has 0 spiro atoms. The number of carbonyl (C=O) groups is 3. The van der Waals surface area contributed by atoms with Crippen LogP contribution in [0.4, 0.5) is 0 Å². The summed E-state index contributed by atoms with van der Waals surface area (Å²) >= 11 is 0. The number of hydrogen-bond donors (Lipinski definition) is 0. The molecule has 7 heteroatoms. The maximum absolute atomic E-state index is 11.8. The quantitative estimate of drug-likeness (QED) is 0.701. The number of carbonyl (C=O) groups excluding carboxylic acids is 3. The van der Waals surface area contributed by atoms with Crippen LogP contribution in [0.1, 0.15) is 10.6 Å². The van der Waals surface area contributed by atoms with Gasteiger partial charge in [0.2, 0.25) is 5.91 Å². The van der Waals surface area contributed by atoms with Crippen molar-refractivity contribution in [1.29, 1.82) is 0 Å². The van der Waals surface area contributed by atoms with Gasteiger partial charge in [-0.3, -0.25) is 14.4 Å². The van der Waals surface area contributed by atoms with Gasteiger partial charge >= 0.3 is 5.97 Å². The van der Waals surface area contributed by atoms with Crippen LogP contribution in [0.2, 0.25) is 0 Å². The molecule has 1 aromatic rings. The summed E-state index contributed by atoms with van der Waals surface area (Å²) in [5.41, 5.74) is 0. The fraction of sp³-hybridized carbons (Fsp3) is 0.417. The van der Waals surface area contributed by atoms with Gasteiger partial charge in [0.15, 0.2) is 5.76 Å². The summed E-state index contributed by atoms with van der Waals surface area (Å²) in [6, 6.07) is 3.10.